The number of hydrogen-bond donors (Lipinski definition) is 2. The zero-order valence-electron chi connectivity index (χ0n) is 12.0. The van der Waals surface area contributed by atoms with Crippen LogP contribution in [0, 0.1) is 18.8 Å². The molecule has 1 heterocycles. The first-order valence-corrected chi connectivity index (χ1v) is 7.64. The predicted molar refractivity (Wildman–Crippen MR) is 87.0 cm³/mol. The molecule has 0 atom stereocenters. The van der Waals surface area contributed by atoms with Gasteiger partial charge in [0.25, 0.3) is 0 Å². The third-order valence-electron chi connectivity index (χ3n) is 3.00. The molecule has 2 aromatic rings. The second-order valence-electron chi connectivity index (χ2n) is 4.70. The number of carbonyl (C=O) groups excluding carboxylic acids is 1. The van der Waals surface area contributed by atoms with Crippen molar-refractivity contribution >= 4 is 17.2 Å². The first-order chi connectivity index (χ1) is 10.2. The van der Waals surface area contributed by atoms with Crippen molar-refractivity contribution in [3.8, 4) is 11.8 Å². The average Bonchev–Trinajstić information content (AvgIpc) is 2.93. The Morgan fingerprint density at radius 1 is 1.29 bits per heavy atom. The molecule has 0 saturated carbocycles. The molecule has 0 aliphatic rings. The maximum Gasteiger partial charge on any atom is 0.224 e. The molecule has 0 saturated heterocycles. The number of rotatable bonds is 4. The van der Waals surface area contributed by atoms with Gasteiger partial charge in [-0.1, -0.05) is 41.7 Å². The maximum absolute atomic E-state index is 12.0. The Hall–Kier alpha value is -2.09. The molecule has 0 spiro atoms. The normalized spacial score (nSPS) is 9.81. The second kappa shape index (κ2) is 7.63. The van der Waals surface area contributed by atoms with Gasteiger partial charge >= 0.3 is 0 Å². The maximum atomic E-state index is 12.0. The monoisotopic (exact) mass is 298 g/mol. The highest BCUT2D eigenvalue weighted by atomic mass is 32.1. The molecule has 0 unspecified atom stereocenters. The quantitative estimate of drug-likeness (QED) is 0.851. The lowest BCUT2D eigenvalue weighted by Gasteiger charge is -2.05. The Morgan fingerprint density at radius 3 is 2.76 bits per heavy atom. The van der Waals surface area contributed by atoms with Crippen molar-refractivity contribution in [3.63, 3.8) is 0 Å². The Balaban J connectivity index is 1.89. The van der Waals surface area contributed by atoms with Gasteiger partial charge in [-0.05, 0) is 23.9 Å². The number of nitrogens with two attached hydrogens (primary N) is 1. The summed E-state index contributed by atoms with van der Waals surface area (Å²) in [5, 5.41) is 4.91. The molecule has 1 aromatic carbocycles. The summed E-state index contributed by atoms with van der Waals surface area (Å²) in [6.45, 7) is 2.89. The number of amides is 1. The Kier molecular flexibility index (Phi) is 5.56. The topological polar surface area (TPSA) is 55.1 Å². The zero-order chi connectivity index (χ0) is 15.1. The van der Waals surface area contributed by atoms with Gasteiger partial charge in [-0.15, -0.1) is 11.3 Å². The largest absolute Gasteiger partial charge is 0.351 e. The van der Waals surface area contributed by atoms with Crippen LogP contribution in [-0.4, -0.2) is 12.5 Å². The van der Waals surface area contributed by atoms with E-state index in [2.05, 4.69) is 17.2 Å². The molecule has 0 aliphatic heterocycles. The van der Waals surface area contributed by atoms with E-state index in [0.717, 1.165) is 16.0 Å². The minimum absolute atomic E-state index is 0.0185. The summed E-state index contributed by atoms with van der Waals surface area (Å²) in [4.78, 5) is 13.0. The van der Waals surface area contributed by atoms with E-state index in [-0.39, 0.29) is 5.91 Å². The van der Waals surface area contributed by atoms with E-state index < -0.39 is 0 Å². The van der Waals surface area contributed by atoms with Gasteiger partial charge in [-0.25, -0.2) is 0 Å². The van der Waals surface area contributed by atoms with Crippen molar-refractivity contribution in [2.45, 2.75) is 19.9 Å². The molecule has 1 amide bonds. The van der Waals surface area contributed by atoms with Gasteiger partial charge in [0.1, 0.15) is 0 Å². The predicted octanol–water partition coefficient (Wildman–Crippen LogP) is 2.23. The van der Waals surface area contributed by atoms with E-state index >= 15 is 0 Å². The van der Waals surface area contributed by atoms with E-state index in [1.54, 1.807) is 11.3 Å². The van der Waals surface area contributed by atoms with E-state index in [9.17, 15) is 4.79 Å². The van der Waals surface area contributed by atoms with Crippen molar-refractivity contribution in [1.29, 1.82) is 0 Å². The van der Waals surface area contributed by atoms with Crippen molar-refractivity contribution in [2.24, 2.45) is 5.73 Å². The van der Waals surface area contributed by atoms with E-state index in [1.165, 1.54) is 5.56 Å². The zero-order valence-corrected chi connectivity index (χ0v) is 12.8. The van der Waals surface area contributed by atoms with Gasteiger partial charge in [0, 0.05) is 10.4 Å². The molecule has 0 bridgehead atoms. The number of nitrogens with one attached hydrogen (secondary N) is 1. The van der Waals surface area contributed by atoms with Crippen LogP contribution in [0.2, 0.25) is 0 Å². The average molecular weight is 298 g/mol. The number of aryl methyl sites for hydroxylation is 1. The van der Waals surface area contributed by atoms with Crippen LogP contribution < -0.4 is 11.1 Å². The smallest absolute Gasteiger partial charge is 0.224 e. The van der Waals surface area contributed by atoms with Crippen LogP contribution in [-0.2, 0) is 17.8 Å². The van der Waals surface area contributed by atoms with Gasteiger partial charge in [0.15, 0.2) is 0 Å². The molecule has 0 aliphatic carbocycles. The molecule has 3 nitrogen and oxygen atoms in total. The molecule has 108 valence electrons. The highest BCUT2D eigenvalue weighted by Gasteiger charge is 2.06. The van der Waals surface area contributed by atoms with Crippen molar-refractivity contribution in [2.75, 3.05) is 6.54 Å². The van der Waals surface area contributed by atoms with Gasteiger partial charge in [0.05, 0.1) is 19.5 Å². The molecule has 1 aromatic heterocycles. The molecule has 21 heavy (non-hydrogen) atoms. The fourth-order valence-corrected chi connectivity index (χ4v) is 2.64. The molecular formula is C17H18N2OS. The lowest BCUT2D eigenvalue weighted by Crippen LogP contribution is -2.24. The van der Waals surface area contributed by atoms with Gasteiger partial charge in [0.2, 0.25) is 5.91 Å². The summed E-state index contributed by atoms with van der Waals surface area (Å²) in [6, 6.07) is 9.95. The van der Waals surface area contributed by atoms with Gasteiger partial charge in [-0.3, -0.25) is 4.79 Å². The van der Waals surface area contributed by atoms with Crippen molar-refractivity contribution in [1.82, 2.24) is 5.32 Å². The van der Waals surface area contributed by atoms with E-state index in [4.69, 9.17) is 5.73 Å². The highest BCUT2D eigenvalue weighted by molar-refractivity contribution is 7.10. The second-order valence-corrected chi connectivity index (χ2v) is 5.70. The summed E-state index contributed by atoms with van der Waals surface area (Å²) in [6.07, 6.45) is 0.398. The van der Waals surface area contributed by atoms with Crippen LogP contribution in [0.25, 0.3) is 0 Å². The molecule has 0 radical (unpaired) electrons. The third-order valence-corrected chi connectivity index (χ3v) is 3.92. The summed E-state index contributed by atoms with van der Waals surface area (Å²) < 4.78 is 0. The lowest BCUT2D eigenvalue weighted by molar-refractivity contribution is -0.120. The first kappa shape index (κ1) is 15.3. The molecule has 4 heteroatoms. The molecule has 3 N–H and O–H groups in total. The van der Waals surface area contributed by atoms with Crippen LogP contribution in [0.1, 0.15) is 21.6 Å². The van der Waals surface area contributed by atoms with Crippen LogP contribution in [0.15, 0.2) is 35.7 Å². The number of benzene rings is 1. The minimum Gasteiger partial charge on any atom is -0.351 e. The van der Waals surface area contributed by atoms with Crippen LogP contribution >= 0.6 is 11.3 Å². The molecule has 2 rings (SSSR count). The summed E-state index contributed by atoms with van der Waals surface area (Å²) in [5.41, 5.74) is 8.54. The van der Waals surface area contributed by atoms with Crippen molar-refractivity contribution in [3.05, 3.63) is 57.3 Å². The molecule has 0 fully saturated rings. The van der Waals surface area contributed by atoms with Crippen LogP contribution in [0.5, 0.6) is 0 Å². The Bertz CT molecular complexity index is 662. The van der Waals surface area contributed by atoms with Crippen LogP contribution in [0.4, 0.5) is 0 Å². The van der Waals surface area contributed by atoms with Crippen molar-refractivity contribution < 1.29 is 4.79 Å². The van der Waals surface area contributed by atoms with Crippen LogP contribution in [0.3, 0.4) is 0 Å². The summed E-state index contributed by atoms with van der Waals surface area (Å²) in [5.74, 6) is 5.87. The number of carbonyl (C=O) groups is 1. The Labute approximate surface area is 129 Å². The SMILES string of the molecule is Cc1ccc(CC(=O)NCc2sccc2C#CCN)cc1. The van der Waals surface area contributed by atoms with Gasteiger partial charge < -0.3 is 11.1 Å². The van der Waals surface area contributed by atoms with Gasteiger partial charge in [-0.2, -0.15) is 0 Å². The van der Waals surface area contributed by atoms with E-state index in [1.807, 2.05) is 42.6 Å². The third kappa shape index (κ3) is 4.75. The summed E-state index contributed by atoms with van der Waals surface area (Å²) in [7, 11) is 0. The number of hydrogen-bond acceptors (Lipinski definition) is 3. The number of thiophene rings is 1. The first-order valence-electron chi connectivity index (χ1n) is 6.76. The van der Waals surface area contributed by atoms with E-state index in [0.29, 0.717) is 19.5 Å². The Morgan fingerprint density at radius 2 is 2.05 bits per heavy atom. The highest BCUT2D eigenvalue weighted by Crippen LogP contribution is 2.15. The minimum atomic E-state index is 0.0185. The fourth-order valence-electron chi connectivity index (χ4n) is 1.87. The standard InChI is InChI=1S/C17H18N2OS/c1-13-4-6-14(7-5-13)11-17(20)19-12-16-15(3-2-9-18)8-10-21-16/h4-8,10H,9,11-12,18H2,1H3,(H,19,20). The fraction of sp³-hybridized carbons (Fsp3) is 0.235. The molecular weight excluding hydrogens is 280 g/mol. The summed E-state index contributed by atoms with van der Waals surface area (Å²) >= 11 is 1.59. The lowest BCUT2D eigenvalue weighted by atomic mass is 10.1.